The summed E-state index contributed by atoms with van der Waals surface area (Å²) in [5, 5.41) is 2.91. The lowest BCUT2D eigenvalue weighted by Crippen LogP contribution is -2.46. The molecule has 1 atom stereocenters. The fourth-order valence-corrected chi connectivity index (χ4v) is 2.59. The van der Waals surface area contributed by atoms with Gasteiger partial charge in [0.2, 0.25) is 5.56 Å². The first-order valence-corrected chi connectivity index (χ1v) is 6.92. The molecule has 1 aromatic rings. The fraction of sp³-hybridized carbons (Fsp3) is 0.571. The number of nitrogens with one attached hydrogen (secondary N) is 2. The Hall–Kier alpha value is -1.62. The van der Waals surface area contributed by atoms with Crippen molar-refractivity contribution in [2.45, 2.75) is 32.2 Å². The second-order valence-electron chi connectivity index (χ2n) is 4.92. The van der Waals surface area contributed by atoms with Gasteiger partial charge in [0.15, 0.2) is 0 Å². The highest BCUT2D eigenvalue weighted by Crippen LogP contribution is 2.15. The third-order valence-electron chi connectivity index (χ3n) is 3.67. The van der Waals surface area contributed by atoms with E-state index in [1.807, 2.05) is 0 Å². The summed E-state index contributed by atoms with van der Waals surface area (Å²) in [7, 11) is 0. The maximum atomic E-state index is 11.9. The van der Waals surface area contributed by atoms with Crippen molar-refractivity contribution in [1.82, 2.24) is 15.2 Å². The minimum Gasteiger partial charge on any atom is -0.349 e. The molecule has 5 nitrogen and oxygen atoms in total. The van der Waals surface area contributed by atoms with Crippen LogP contribution in [0.2, 0.25) is 0 Å². The van der Waals surface area contributed by atoms with Crippen LogP contribution in [0.4, 0.5) is 0 Å². The molecule has 0 spiro atoms. The molecule has 1 amide bonds. The number of hydrogen-bond acceptors (Lipinski definition) is 3. The zero-order valence-electron chi connectivity index (χ0n) is 11.3. The molecule has 1 aliphatic heterocycles. The first-order chi connectivity index (χ1) is 9.20. The van der Waals surface area contributed by atoms with E-state index >= 15 is 0 Å². The summed E-state index contributed by atoms with van der Waals surface area (Å²) in [6.45, 7) is 4.92. The second kappa shape index (κ2) is 6.52. The molecule has 5 heteroatoms. The van der Waals surface area contributed by atoms with E-state index in [-0.39, 0.29) is 11.5 Å². The number of amides is 1. The van der Waals surface area contributed by atoms with Crippen molar-refractivity contribution in [3.05, 3.63) is 34.2 Å². The highest BCUT2D eigenvalue weighted by atomic mass is 16.2. The van der Waals surface area contributed by atoms with Gasteiger partial charge in [0.1, 0.15) is 5.69 Å². The van der Waals surface area contributed by atoms with Crippen LogP contribution in [-0.2, 0) is 0 Å². The molecule has 104 valence electrons. The molecule has 19 heavy (non-hydrogen) atoms. The number of carbonyl (C=O) groups excluding carboxylic acids is 1. The van der Waals surface area contributed by atoms with Gasteiger partial charge in [-0.05, 0) is 32.0 Å². The number of likely N-dealkylation sites (N-methyl/N-ethyl adjacent to an activating group) is 1. The molecule has 1 aromatic heterocycles. The van der Waals surface area contributed by atoms with Crippen LogP contribution in [0.25, 0.3) is 0 Å². The Morgan fingerprint density at radius 3 is 3.05 bits per heavy atom. The predicted octanol–water partition coefficient (Wildman–Crippen LogP) is 0.979. The molecular formula is C14H21N3O2. The van der Waals surface area contributed by atoms with Gasteiger partial charge in [0.05, 0.1) is 0 Å². The van der Waals surface area contributed by atoms with Crippen molar-refractivity contribution in [3.8, 4) is 0 Å². The highest BCUT2D eigenvalue weighted by Gasteiger charge is 2.21. The highest BCUT2D eigenvalue weighted by molar-refractivity contribution is 5.92. The molecule has 1 fully saturated rings. The van der Waals surface area contributed by atoms with Gasteiger partial charge in [0.25, 0.3) is 5.91 Å². The number of piperidine rings is 1. The molecule has 2 N–H and O–H groups in total. The number of likely N-dealkylation sites (tertiary alicyclic amines) is 1. The standard InChI is InChI=1S/C14H21N3O2/c1-2-17-9-4-3-6-11(17)10-15-14(19)12-7-5-8-13(18)16-12/h5,7-8,11H,2-4,6,9-10H2,1H3,(H,15,19)(H,16,18). The van der Waals surface area contributed by atoms with E-state index in [0.717, 1.165) is 19.5 Å². The largest absolute Gasteiger partial charge is 0.349 e. The molecule has 2 heterocycles. The zero-order chi connectivity index (χ0) is 13.7. The maximum Gasteiger partial charge on any atom is 0.267 e. The van der Waals surface area contributed by atoms with Crippen LogP contribution in [0, 0.1) is 0 Å². The number of rotatable bonds is 4. The average molecular weight is 263 g/mol. The summed E-state index contributed by atoms with van der Waals surface area (Å²) in [5.74, 6) is -0.209. The molecule has 0 aliphatic carbocycles. The van der Waals surface area contributed by atoms with Crippen LogP contribution < -0.4 is 10.9 Å². The van der Waals surface area contributed by atoms with Crippen LogP contribution in [0.5, 0.6) is 0 Å². The smallest absolute Gasteiger partial charge is 0.267 e. The normalized spacial score (nSPS) is 20.2. The minimum absolute atomic E-state index is 0.209. The van der Waals surface area contributed by atoms with Crippen molar-refractivity contribution in [1.29, 1.82) is 0 Å². The summed E-state index contributed by atoms with van der Waals surface area (Å²) in [6, 6.07) is 5.02. The van der Waals surface area contributed by atoms with E-state index in [1.165, 1.54) is 18.9 Å². The van der Waals surface area contributed by atoms with E-state index in [0.29, 0.717) is 18.3 Å². The van der Waals surface area contributed by atoms with Gasteiger partial charge in [-0.1, -0.05) is 19.4 Å². The lowest BCUT2D eigenvalue weighted by Gasteiger charge is -2.34. The van der Waals surface area contributed by atoms with Gasteiger partial charge in [-0.3, -0.25) is 14.5 Å². The van der Waals surface area contributed by atoms with E-state index in [1.54, 1.807) is 12.1 Å². The van der Waals surface area contributed by atoms with E-state index < -0.39 is 0 Å². The number of hydrogen-bond donors (Lipinski definition) is 2. The third-order valence-corrected chi connectivity index (χ3v) is 3.67. The molecule has 0 radical (unpaired) electrons. The summed E-state index contributed by atoms with van der Waals surface area (Å²) in [5.41, 5.74) is 0.0758. The van der Waals surface area contributed by atoms with Crippen molar-refractivity contribution < 1.29 is 4.79 Å². The van der Waals surface area contributed by atoms with Gasteiger partial charge in [-0.2, -0.15) is 0 Å². The first kappa shape index (κ1) is 13.8. The third kappa shape index (κ3) is 3.67. The molecule has 0 saturated carbocycles. The molecule has 1 saturated heterocycles. The predicted molar refractivity (Wildman–Crippen MR) is 74.3 cm³/mol. The van der Waals surface area contributed by atoms with E-state index in [2.05, 4.69) is 22.1 Å². The van der Waals surface area contributed by atoms with E-state index in [4.69, 9.17) is 0 Å². The molecule has 2 rings (SSSR count). The summed E-state index contributed by atoms with van der Waals surface area (Å²) in [6.07, 6.45) is 3.59. The van der Waals surface area contributed by atoms with E-state index in [9.17, 15) is 9.59 Å². The average Bonchev–Trinajstić information content (AvgIpc) is 2.45. The van der Waals surface area contributed by atoms with Crippen molar-refractivity contribution in [2.24, 2.45) is 0 Å². The summed E-state index contributed by atoms with van der Waals surface area (Å²) in [4.78, 5) is 28.0. The van der Waals surface area contributed by atoms with Gasteiger partial charge in [-0.25, -0.2) is 0 Å². The zero-order valence-corrected chi connectivity index (χ0v) is 11.3. The molecular weight excluding hydrogens is 242 g/mol. The number of pyridine rings is 1. The Kier molecular flexibility index (Phi) is 4.74. The van der Waals surface area contributed by atoms with Crippen molar-refractivity contribution >= 4 is 5.91 Å². The molecule has 0 bridgehead atoms. The van der Waals surface area contributed by atoms with Crippen molar-refractivity contribution in [3.63, 3.8) is 0 Å². The Bertz CT molecular complexity index is 484. The second-order valence-corrected chi connectivity index (χ2v) is 4.92. The first-order valence-electron chi connectivity index (χ1n) is 6.92. The molecule has 1 aliphatic rings. The lowest BCUT2D eigenvalue weighted by atomic mass is 10.0. The minimum atomic E-state index is -0.250. The number of aromatic nitrogens is 1. The molecule has 1 unspecified atom stereocenters. The van der Waals surface area contributed by atoms with Crippen LogP contribution >= 0.6 is 0 Å². The number of H-pyrrole nitrogens is 1. The maximum absolute atomic E-state index is 11.9. The van der Waals surface area contributed by atoms with Gasteiger partial charge in [-0.15, -0.1) is 0 Å². The SMILES string of the molecule is CCN1CCCCC1CNC(=O)c1cccc(=O)[nH]1. The van der Waals surface area contributed by atoms with Crippen LogP contribution in [0.1, 0.15) is 36.7 Å². The summed E-state index contributed by atoms with van der Waals surface area (Å²) < 4.78 is 0. The van der Waals surface area contributed by atoms with Gasteiger partial charge >= 0.3 is 0 Å². The summed E-state index contributed by atoms with van der Waals surface area (Å²) >= 11 is 0. The van der Waals surface area contributed by atoms with Crippen molar-refractivity contribution in [2.75, 3.05) is 19.6 Å². The van der Waals surface area contributed by atoms with Crippen LogP contribution in [0.3, 0.4) is 0 Å². The Labute approximate surface area is 113 Å². The fourth-order valence-electron chi connectivity index (χ4n) is 2.59. The quantitative estimate of drug-likeness (QED) is 0.851. The Balaban J connectivity index is 1.91. The monoisotopic (exact) mass is 263 g/mol. The Morgan fingerprint density at radius 1 is 1.47 bits per heavy atom. The number of aromatic amines is 1. The Morgan fingerprint density at radius 2 is 2.32 bits per heavy atom. The topological polar surface area (TPSA) is 65.2 Å². The van der Waals surface area contributed by atoms with Gasteiger partial charge < -0.3 is 10.3 Å². The number of nitrogens with zero attached hydrogens (tertiary/aromatic N) is 1. The lowest BCUT2D eigenvalue weighted by molar-refractivity contribution is 0.0913. The molecule has 0 aromatic carbocycles. The van der Waals surface area contributed by atoms with Gasteiger partial charge in [0, 0.05) is 18.7 Å². The van der Waals surface area contributed by atoms with Crippen LogP contribution in [0.15, 0.2) is 23.0 Å². The number of carbonyl (C=O) groups is 1. The van der Waals surface area contributed by atoms with Crippen LogP contribution in [-0.4, -0.2) is 41.5 Å².